The van der Waals surface area contributed by atoms with Gasteiger partial charge < -0.3 is 20.7 Å². The Bertz CT molecular complexity index is 697. The molecule has 0 aromatic heterocycles. The van der Waals surface area contributed by atoms with Gasteiger partial charge >= 0.3 is 0 Å². The molecular formula is C16H28Cl2N4O4S. The lowest BCUT2D eigenvalue weighted by Gasteiger charge is -2.32. The number of piperazine rings is 1. The number of hydrogen-bond acceptors (Lipinski definition) is 6. The Balaban J connectivity index is 0.00000338. The lowest BCUT2D eigenvalue weighted by molar-refractivity contribution is -0.123. The van der Waals surface area contributed by atoms with E-state index >= 15 is 0 Å². The van der Waals surface area contributed by atoms with E-state index in [1.54, 1.807) is 24.3 Å². The van der Waals surface area contributed by atoms with E-state index in [-0.39, 0.29) is 48.8 Å². The summed E-state index contributed by atoms with van der Waals surface area (Å²) in [5.74, 6) is -0.381. The molecule has 0 spiro atoms. The Labute approximate surface area is 173 Å². The highest BCUT2D eigenvalue weighted by Crippen LogP contribution is 2.21. The Morgan fingerprint density at radius 1 is 1.22 bits per heavy atom. The maximum Gasteiger partial charge on any atom is 0.243 e. The number of ether oxygens (including phenoxy) is 1. The van der Waals surface area contributed by atoms with Crippen molar-refractivity contribution in [1.82, 2.24) is 14.5 Å². The molecule has 1 unspecified atom stereocenters. The van der Waals surface area contributed by atoms with Gasteiger partial charge in [0.1, 0.15) is 6.04 Å². The van der Waals surface area contributed by atoms with Crippen LogP contribution in [0.2, 0.25) is 0 Å². The van der Waals surface area contributed by atoms with Crippen LogP contribution in [0.4, 0.5) is 0 Å². The first kappa shape index (κ1) is 26.1. The molecule has 1 aromatic rings. The predicted octanol–water partition coefficient (Wildman–Crippen LogP) is 0.0562. The van der Waals surface area contributed by atoms with E-state index in [0.717, 1.165) is 0 Å². The standard InChI is InChI=1S/C16H26N4O4S.2ClH/c1-19-7-9-20(10-8-19)25(22,23)15-6-4-3-5-13(15)11-18-16(21)14(17)12-24-2;;/h3-6,14H,7-12,17H2,1-2H3,(H,18,21);2*1H. The summed E-state index contributed by atoms with van der Waals surface area (Å²) in [5, 5.41) is 2.67. The van der Waals surface area contributed by atoms with Gasteiger partial charge in [-0.2, -0.15) is 4.31 Å². The number of nitrogens with two attached hydrogens (primary N) is 1. The van der Waals surface area contributed by atoms with E-state index in [2.05, 4.69) is 10.2 Å². The summed E-state index contributed by atoms with van der Waals surface area (Å²) in [6, 6.07) is 5.92. The van der Waals surface area contributed by atoms with Gasteiger partial charge in [0, 0.05) is 39.8 Å². The Hall–Kier alpha value is -0.940. The van der Waals surface area contributed by atoms with Crippen LogP contribution < -0.4 is 11.1 Å². The molecular weight excluding hydrogens is 415 g/mol. The van der Waals surface area contributed by atoms with Crippen LogP contribution in [0.1, 0.15) is 5.56 Å². The molecule has 11 heteroatoms. The van der Waals surface area contributed by atoms with Gasteiger partial charge in [0.25, 0.3) is 0 Å². The molecule has 1 aromatic carbocycles. The number of carbonyl (C=O) groups is 1. The second-order valence-electron chi connectivity index (χ2n) is 6.09. The van der Waals surface area contributed by atoms with Gasteiger partial charge in [0.2, 0.25) is 15.9 Å². The Morgan fingerprint density at radius 3 is 2.41 bits per heavy atom. The van der Waals surface area contributed by atoms with E-state index in [9.17, 15) is 13.2 Å². The third kappa shape index (κ3) is 6.86. The summed E-state index contributed by atoms with van der Waals surface area (Å²) in [6.45, 7) is 2.51. The first-order valence-electron chi connectivity index (χ1n) is 8.15. The second kappa shape index (κ2) is 11.8. The van der Waals surface area contributed by atoms with E-state index in [0.29, 0.717) is 31.7 Å². The van der Waals surface area contributed by atoms with Crippen molar-refractivity contribution in [3.8, 4) is 0 Å². The highest BCUT2D eigenvalue weighted by molar-refractivity contribution is 7.89. The van der Waals surface area contributed by atoms with Gasteiger partial charge in [0.15, 0.2) is 0 Å². The van der Waals surface area contributed by atoms with Crippen LogP contribution in [0, 0.1) is 0 Å². The summed E-state index contributed by atoms with van der Waals surface area (Å²) >= 11 is 0. The van der Waals surface area contributed by atoms with Crippen molar-refractivity contribution in [1.29, 1.82) is 0 Å². The number of amides is 1. The highest BCUT2D eigenvalue weighted by atomic mass is 35.5. The maximum atomic E-state index is 12.9. The minimum Gasteiger partial charge on any atom is -0.383 e. The number of benzene rings is 1. The number of carbonyl (C=O) groups excluding carboxylic acids is 1. The summed E-state index contributed by atoms with van der Waals surface area (Å²) in [5.41, 5.74) is 6.22. The van der Waals surface area contributed by atoms with Crippen molar-refractivity contribution in [3.05, 3.63) is 29.8 Å². The normalized spacial score (nSPS) is 16.7. The average Bonchev–Trinajstić information content (AvgIpc) is 2.60. The van der Waals surface area contributed by atoms with Crippen molar-refractivity contribution >= 4 is 40.7 Å². The highest BCUT2D eigenvalue weighted by Gasteiger charge is 2.29. The number of nitrogens with one attached hydrogen (secondary N) is 1. The molecule has 1 atom stereocenters. The lowest BCUT2D eigenvalue weighted by Crippen LogP contribution is -2.47. The zero-order valence-electron chi connectivity index (χ0n) is 15.5. The summed E-state index contributed by atoms with van der Waals surface area (Å²) < 4.78 is 32.2. The molecule has 1 aliphatic rings. The van der Waals surface area contributed by atoms with Gasteiger partial charge in [0.05, 0.1) is 11.5 Å². The Morgan fingerprint density at radius 2 is 1.81 bits per heavy atom. The van der Waals surface area contributed by atoms with Crippen LogP contribution in [-0.4, -0.2) is 76.5 Å². The zero-order chi connectivity index (χ0) is 18.4. The molecule has 0 radical (unpaired) electrons. The smallest absolute Gasteiger partial charge is 0.243 e. The minimum absolute atomic E-state index is 0. The van der Waals surface area contributed by atoms with Crippen molar-refractivity contribution < 1.29 is 17.9 Å². The largest absolute Gasteiger partial charge is 0.383 e. The number of hydrogen-bond donors (Lipinski definition) is 2. The van der Waals surface area contributed by atoms with Gasteiger partial charge in [-0.1, -0.05) is 18.2 Å². The van der Waals surface area contributed by atoms with Gasteiger partial charge in [-0.05, 0) is 18.7 Å². The van der Waals surface area contributed by atoms with Crippen LogP contribution in [0.3, 0.4) is 0 Å². The number of likely N-dealkylation sites (N-methyl/N-ethyl adjacent to an activating group) is 1. The molecule has 156 valence electrons. The fourth-order valence-corrected chi connectivity index (χ4v) is 4.28. The van der Waals surface area contributed by atoms with Crippen molar-refractivity contribution in [3.63, 3.8) is 0 Å². The first-order valence-corrected chi connectivity index (χ1v) is 9.59. The summed E-state index contributed by atoms with van der Waals surface area (Å²) in [6.07, 6.45) is 0. The molecule has 1 heterocycles. The van der Waals surface area contributed by atoms with Gasteiger partial charge in [-0.3, -0.25) is 4.79 Å². The number of methoxy groups -OCH3 is 1. The molecule has 1 aliphatic heterocycles. The van der Waals surface area contributed by atoms with Gasteiger partial charge in [-0.25, -0.2) is 8.42 Å². The lowest BCUT2D eigenvalue weighted by atomic mass is 10.2. The minimum atomic E-state index is -3.60. The second-order valence-corrected chi connectivity index (χ2v) is 8.00. The van der Waals surface area contributed by atoms with E-state index in [1.807, 2.05) is 7.05 Å². The molecule has 1 saturated heterocycles. The van der Waals surface area contributed by atoms with Crippen LogP contribution in [0.5, 0.6) is 0 Å². The van der Waals surface area contributed by atoms with Crippen molar-refractivity contribution in [2.75, 3.05) is 46.9 Å². The molecule has 1 fully saturated rings. The molecule has 1 amide bonds. The summed E-state index contributed by atoms with van der Waals surface area (Å²) in [4.78, 5) is 14.2. The van der Waals surface area contributed by atoms with Crippen LogP contribution in [-0.2, 0) is 26.1 Å². The molecule has 3 N–H and O–H groups in total. The molecule has 0 aliphatic carbocycles. The van der Waals surface area contributed by atoms with E-state index < -0.39 is 16.1 Å². The first-order chi connectivity index (χ1) is 11.9. The maximum absolute atomic E-state index is 12.9. The molecule has 27 heavy (non-hydrogen) atoms. The third-order valence-corrected chi connectivity index (χ3v) is 6.19. The van der Waals surface area contributed by atoms with Crippen LogP contribution in [0.25, 0.3) is 0 Å². The monoisotopic (exact) mass is 442 g/mol. The third-order valence-electron chi connectivity index (χ3n) is 4.19. The zero-order valence-corrected chi connectivity index (χ0v) is 17.9. The molecule has 0 bridgehead atoms. The summed E-state index contributed by atoms with van der Waals surface area (Å²) in [7, 11) is -0.163. The topological polar surface area (TPSA) is 105 Å². The molecule has 2 rings (SSSR count). The van der Waals surface area contributed by atoms with Gasteiger partial charge in [-0.15, -0.1) is 24.8 Å². The molecule has 8 nitrogen and oxygen atoms in total. The fraction of sp³-hybridized carbons (Fsp3) is 0.562. The predicted molar refractivity (Wildman–Crippen MR) is 109 cm³/mol. The number of nitrogens with zero attached hydrogens (tertiary/aromatic N) is 2. The number of halogens is 2. The van der Waals surface area contributed by atoms with Crippen molar-refractivity contribution in [2.45, 2.75) is 17.5 Å². The SMILES string of the molecule is COCC(N)C(=O)NCc1ccccc1S(=O)(=O)N1CCN(C)CC1.Cl.Cl. The number of sulfonamides is 1. The average molecular weight is 443 g/mol. The van der Waals surface area contributed by atoms with Crippen LogP contribution >= 0.6 is 24.8 Å². The van der Waals surface area contributed by atoms with E-state index in [4.69, 9.17) is 10.5 Å². The fourth-order valence-electron chi connectivity index (χ4n) is 2.64. The van der Waals surface area contributed by atoms with Crippen molar-refractivity contribution in [2.24, 2.45) is 5.73 Å². The molecule has 0 saturated carbocycles. The Kier molecular flexibility index (Phi) is 11.4. The van der Waals surface area contributed by atoms with E-state index in [1.165, 1.54) is 11.4 Å². The quantitative estimate of drug-likeness (QED) is 0.618. The number of rotatable bonds is 7. The van der Waals surface area contributed by atoms with Crippen LogP contribution in [0.15, 0.2) is 29.2 Å².